The molecule has 0 aliphatic heterocycles. The van der Waals surface area contributed by atoms with E-state index in [1.165, 1.54) is 37.4 Å². The van der Waals surface area contributed by atoms with Gasteiger partial charge < -0.3 is 9.84 Å². The highest BCUT2D eigenvalue weighted by Crippen LogP contribution is 2.37. The predicted octanol–water partition coefficient (Wildman–Crippen LogP) is 4.19. The van der Waals surface area contributed by atoms with Crippen molar-refractivity contribution < 1.29 is 18.3 Å². The van der Waals surface area contributed by atoms with Gasteiger partial charge in [0.05, 0.1) is 26.9 Å². The Hall–Kier alpha value is -1.14. The molecule has 0 radical (unpaired) electrons. The van der Waals surface area contributed by atoms with E-state index in [-0.39, 0.29) is 36.4 Å². The van der Waals surface area contributed by atoms with E-state index in [0.717, 1.165) is 0 Å². The number of halogens is 3. The Morgan fingerprint density at radius 2 is 1.76 bits per heavy atom. The number of phenolic OH excluding ortho intramolecular Hbond substituents is 1. The van der Waals surface area contributed by atoms with Crippen LogP contribution in [0.1, 0.15) is 0 Å². The molecule has 112 valence electrons. The number of aromatic hydroxyl groups is 1. The lowest BCUT2D eigenvalue weighted by Crippen LogP contribution is -2.03. The fraction of sp³-hybridized carbons (Fsp3) is 0.0769. The van der Waals surface area contributed by atoms with E-state index < -0.39 is 9.84 Å². The summed E-state index contributed by atoms with van der Waals surface area (Å²) in [6.07, 6.45) is 0. The second-order valence-corrected chi connectivity index (χ2v) is 7.18. The van der Waals surface area contributed by atoms with E-state index in [2.05, 4.69) is 0 Å². The molecule has 2 aromatic rings. The molecule has 0 aliphatic carbocycles. The van der Waals surface area contributed by atoms with Crippen LogP contribution in [-0.4, -0.2) is 20.6 Å². The summed E-state index contributed by atoms with van der Waals surface area (Å²) in [6, 6.07) is 6.20. The monoisotopic (exact) mass is 366 g/mol. The van der Waals surface area contributed by atoms with Crippen LogP contribution in [0.2, 0.25) is 15.1 Å². The summed E-state index contributed by atoms with van der Waals surface area (Å²) in [6.45, 7) is 0. The van der Waals surface area contributed by atoms with Crippen molar-refractivity contribution in [2.75, 3.05) is 7.11 Å². The summed E-state index contributed by atoms with van der Waals surface area (Å²) in [5.74, 6) is -0.146. The zero-order valence-electron chi connectivity index (χ0n) is 10.6. The zero-order chi connectivity index (χ0) is 15.8. The molecule has 0 saturated carbocycles. The highest BCUT2D eigenvalue weighted by Gasteiger charge is 2.24. The summed E-state index contributed by atoms with van der Waals surface area (Å²) in [4.78, 5) is -0.313. The van der Waals surface area contributed by atoms with Crippen molar-refractivity contribution in [3.63, 3.8) is 0 Å². The fourth-order valence-corrected chi connectivity index (χ4v) is 4.10. The second-order valence-electron chi connectivity index (χ2n) is 4.04. The van der Waals surface area contributed by atoms with Gasteiger partial charge in [-0.1, -0.05) is 34.8 Å². The second kappa shape index (κ2) is 5.93. The molecule has 0 unspecified atom stereocenters. The van der Waals surface area contributed by atoms with E-state index >= 15 is 0 Å². The topological polar surface area (TPSA) is 63.6 Å². The van der Waals surface area contributed by atoms with Crippen molar-refractivity contribution in [3.05, 3.63) is 45.4 Å². The van der Waals surface area contributed by atoms with E-state index in [4.69, 9.17) is 39.5 Å². The Morgan fingerprint density at radius 3 is 2.38 bits per heavy atom. The van der Waals surface area contributed by atoms with Crippen LogP contribution in [0, 0.1) is 0 Å². The summed E-state index contributed by atoms with van der Waals surface area (Å²) in [7, 11) is -2.64. The van der Waals surface area contributed by atoms with E-state index in [1.54, 1.807) is 0 Å². The molecule has 0 spiro atoms. The molecule has 0 amide bonds. The third-order valence-electron chi connectivity index (χ3n) is 2.71. The Labute approximate surface area is 136 Å². The van der Waals surface area contributed by atoms with Crippen LogP contribution >= 0.6 is 34.8 Å². The van der Waals surface area contributed by atoms with Crippen molar-refractivity contribution in [1.29, 1.82) is 0 Å². The van der Waals surface area contributed by atoms with Gasteiger partial charge in [-0.25, -0.2) is 8.42 Å². The number of phenols is 1. The normalized spacial score (nSPS) is 11.4. The van der Waals surface area contributed by atoms with Crippen molar-refractivity contribution in [1.82, 2.24) is 0 Å². The van der Waals surface area contributed by atoms with Crippen LogP contribution in [0.15, 0.2) is 40.1 Å². The largest absolute Gasteiger partial charge is 0.504 e. The third-order valence-corrected chi connectivity index (χ3v) is 5.62. The van der Waals surface area contributed by atoms with Gasteiger partial charge in [0.2, 0.25) is 9.84 Å². The van der Waals surface area contributed by atoms with Crippen molar-refractivity contribution in [2.45, 2.75) is 9.79 Å². The number of benzene rings is 2. The van der Waals surface area contributed by atoms with Crippen LogP contribution in [-0.2, 0) is 9.84 Å². The van der Waals surface area contributed by atoms with Crippen molar-refractivity contribution in [3.8, 4) is 11.5 Å². The molecule has 0 bridgehead atoms. The van der Waals surface area contributed by atoms with Gasteiger partial charge in [0.15, 0.2) is 11.5 Å². The minimum Gasteiger partial charge on any atom is -0.504 e. The number of methoxy groups -OCH3 is 1. The molecule has 0 saturated heterocycles. The van der Waals surface area contributed by atoms with E-state index in [0.29, 0.717) is 0 Å². The summed E-state index contributed by atoms with van der Waals surface area (Å²) < 4.78 is 30.1. The first-order valence-electron chi connectivity index (χ1n) is 5.54. The molecule has 21 heavy (non-hydrogen) atoms. The summed E-state index contributed by atoms with van der Waals surface area (Å²) in [5, 5.41) is 9.59. The average molecular weight is 368 g/mol. The molecule has 2 aromatic carbocycles. The zero-order valence-corrected chi connectivity index (χ0v) is 13.7. The van der Waals surface area contributed by atoms with E-state index in [9.17, 15) is 13.5 Å². The summed E-state index contributed by atoms with van der Waals surface area (Å²) >= 11 is 17.6. The standard InChI is InChI=1S/C13H9Cl3O4S/c1-20-11-6-8(2-3-10(11)17)21(18,19)12-5-7(14)4-9(15)13(12)16/h2-6,17H,1H3. The minimum absolute atomic E-state index is 0.0281. The highest BCUT2D eigenvalue weighted by molar-refractivity contribution is 7.91. The maximum absolute atomic E-state index is 12.6. The fourth-order valence-electron chi connectivity index (χ4n) is 1.68. The molecule has 8 heteroatoms. The lowest BCUT2D eigenvalue weighted by molar-refractivity contribution is 0.372. The molecule has 0 heterocycles. The molecule has 2 rings (SSSR count). The van der Waals surface area contributed by atoms with Gasteiger partial charge in [0.1, 0.15) is 0 Å². The SMILES string of the molecule is COc1cc(S(=O)(=O)c2cc(Cl)cc(Cl)c2Cl)ccc1O. The van der Waals surface area contributed by atoms with Gasteiger partial charge in [-0.3, -0.25) is 0 Å². The average Bonchev–Trinajstić information content (AvgIpc) is 2.42. The first-order chi connectivity index (χ1) is 9.77. The number of hydrogen-bond donors (Lipinski definition) is 1. The Kier molecular flexibility index (Phi) is 4.58. The van der Waals surface area contributed by atoms with Gasteiger partial charge in [0.25, 0.3) is 0 Å². The van der Waals surface area contributed by atoms with Gasteiger partial charge in [-0.15, -0.1) is 0 Å². The Morgan fingerprint density at radius 1 is 1.10 bits per heavy atom. The smallest absolute Gasteiger partial charge is 0.208 e. The third kappa shape index (κ3) is 3.06. The first-order valence-corrected chi connectivity index (χ1v) is 8.15. The Bertz CT molecular complexity index is 803. The van der Waals surface area contributed by atoms with E-state index in [1.807, 2.05) is 0 Å². The van der Waals surface area contributed by atoms with Crippen molar-refractivity contribution >= 4 is 44.6 Å². The number of hydrogen-bond acceptors (Lipinski definition) is 4. The molecular weight excluding hydrogens is 359 g/mol. The van der Waals surface area contributed by atoms with Crippen LogP contribution < -0.4 is 4.74 Å². The number of ether oxygens (including phenoxy) is 1. The molecular formula is C13H9Cl3O4S. The van der Waals surface area contributed by atoms with Crippen LogP contribution in [0.5, 0.6) is 11.5 Å². The highest BCUT2D eigenvalue weighted by atomic mass is 35.5. The number of rotatable bonds is 3. The quantitative estimate of drug-likeness (QED) is 0.826. The Balaban J connectivity index is 2.68. The van der Waals surface area contributed by atoms with Crippen LogP contribution in [0.25, 0.3) is 0 Å². The first kappa shape index (κ1) is 16.2. The van der Waals surface area contributed by atoms with Gasteiger partial charge in [0, 0.05) is 11.1 Å². The minimum atomic E-state index is -3.96. The maximum Gasteiger partial charge on any atom is 0.208 e. The van der Waals surface area contributed by atoms with Gasteiger partial charge in [-0.05, 0) is 24.3 Å². The lowest BCUT2D eigenvalue weighted by Gasteiger charge is -2.10. The molecule has 1 N–H and O–H groups in total. The molecule has 0 aliphatic rings. The molecule has 0 aromatic heterocycles. The maximum atomic E-state index is 12.6. The van der Waals surface area contributed by atoms with Crippen LogP contribution in [0.4, 0.5) is 0 Å². The lowest BCUT2D eigenvalue weighted by atomic mass is 10.3. The van der Waals surface area contributed by atoms with Gasteiger partial charge >= 0.3 is 0 Å². The molecule has 4 nitrogen and oxygen atoms in total. The molecule has 0 atom stereocenters. The van der Waals surface area contributed by atoms with Crippen molar-refractivity contribution in [2.24, 2.45) is 0 Å². The predicted molar refractivity (Wildman–Crippen MR) is 81.6 cm³/mol. The molecule has 0 fully saturated rings. The number of sulfone groups is 1. The van der Waals surface area contributed by atoms with Gasteiger partial charge in [-0.2, -0.15) is 0 Å². The van der Waals surface area contributed by atoms with Crippen LogP contribution in [0.3, 0.4) is 0 Å². The summed E-state index contributed by atoms with van der Waals surface area (Å²) in [5.41, 5.74) is 0.